The van der Waals surface area contributed by atoms with E-state index in [0.717, 1.165) is 5.52 Å². The lowest BCUT2D eigenvalue weighted by Gasteiger charge is -2.13. The van der Waals surface area contributed by atoms with Crippen LogP contribution in [0.1, 0.15) is 0 Å². The summed E-state index contributed by atoms with van der Waals surface area (Å²) >= 11 is 19.8. The van der Waals surface area contributed by atoms with Gasteiger partial charge in [0.15, 0.2) is 0 Å². The molecule has 1 aromatic heterocycles. The lowest BCUT2D eigenvalue weighted by atomic mass is 10.2. The first kappa shape index (κ1) is 15.7. The molecule has 0 spiro atoms. The molecular weight excluding hydrogens is 392 g/mol. The quantitative estimate of drug-likeness (QED) is 0.747. The Morgan fingerprint density at radius 3 is 2.20 bits per heavy atom. The summed E-state index contributed by atoms with van der Waals surface area (Å²) in [6, 6.07) is 3.35. The fraction of sp³-hybridized carbons (Fsp3) is 0.273. The molecule has 5 nitrogen and oxygen atoms in total. The second-order valence-corrected chi connectivity index (χ2v) is 7.31. The molecule has 1 aromatic carbocycles. The summed E-state index contributed by atoms with van der Waals surface area (Å²) in [6.45, 7) is 0. The summed E-state index contributed by atoms with van der Waals surface area (Å²) in [4.78, 5) is 23.5. The first-order chi connectivity index (χ1) is 9.12. The molecular formula is C11H9BrCl3N3O2. The molecule has 2 aromatic rings. The molecule has 0 radical (unpaired) electrons. The number of hydrogen-bond donors (Lipinski definition) is 1. The van der Waals surface area contributed by atoms with Crippen molar-refractivity contribution in [2.45, 2.75) is 3.79 Å². The summed E-state index contributed by atoms with van der Waals surface area (Å²) in [6.07, 6.45) is 0. The van der Waals surface area contributed by atoms with E-state index < -0.39 is 9.70 Å². The van der Waals surface area contributed by atoms with Crippen LogP contribution in [0.25, 0.3) is 11.0 Å². The van der Waals surface area contributed by atoms with Crippen LogP contribution in [0, 0.1) is 0 Å². The Hall–Kier alpha value is -0.690. The van der Waals surface area contributed by atoms with Crippen LogP contribution in [0.5, 0.6) is 0 Å². The van der Waals surface area contributed by atoms with E-state index in [1.807, 2.05) is 0 Å². The van der Waals surface area contributed by atoms with Crippen molar-refractivity contribution in [2.75, 3.05) is 5.32 Å². The maximum atomic E-state index is 11.9. The minimum atomic E-state index is -2.06. The van der Waals surface area contributed by atoms with Gasteiger partial charge < -0.3 is 5.32 Å². The third-order valence-corrected chi connectivity index (χ3v) is 4.04. The Kier molecular flexibility index (Phi) is 4.12. The smallest absolute Gasteiger partial charge is 0.321 e. The van der Waals surface area contributed by atoms with Gasteiger partial charge in [0, 0.05) is 18.6 Å². The predicted octanol–water partition coefficient (Wildman–Crippen LogP) is 2.95. The standard InChI is InChI=1S/C11H9BrCl3N3O2/c1-17-7-3-5(12)6(16-9(19)11(13,14)15)4-8(7)18(2)10(17)20/h3-4H,1-2H3,(H,16,19). The van der Waals surface area contributed by atoms with Crippen LogP contribution in [-0.2, 0) is 18.9 Å². The van der Waals surface area contributed by atoms with Crippen molar-refractivity contribution in [3.63, 3.8) is 0 Å². The van der Waals surface area contributed by atoms with Gasteiger partial charge in [0.25, 0.3) is 9.70 Å². The zero-order valence-corrected chi connectivity index (χ0v) is 14.2. The molecule has 0 unspecified atom stereocenters. The van der Waals surface area contributed by atoms with Gasteiger partial charge in [-0.25, -0.2) is 4.79 Å². The Balaban J connectivity index is 2.57. The van der Waals surface area contributed by atoms with Gasteiger partial charge in [0.05, 0.1) is 16.7 Å². The van der Waals surface area contributed by atoms with E-state index in [2.05, 4.69) is 21.2 Å². The molecule has 2 rings (SSSR count). The molecule has 0 atom stereocenters. The molecule has 1 heterocycles. The van der Waals surface area contributed by atoms with Gasteiger partial charge in [-0.1, -0.05) is 34.8 Å². The molecule has 0 saturated carbocycles. The highest BCUT2D eigenvalue weighted by Gasteiger charge is 2.31. The highest BCUT2D eigenvalue weighted by molar-refractivity contribution is 9.10. The normalized spacial score (nSPS) is 11.9. The van der Waals surface area contributed by atoms with Gasteiger partial charge in [-0.15, -0.1) is 0 Å². The number of aryl methyl sites for hydroxylation is 2. The predicted molar refractivity (Wildman–Crippen MR) is 84.8 cm³/mol. The van der Waals surface area contributed by atoms with Crippen LogP contribution in [-0.4, -0.2) is 18.8 Å². The van der Waals surface area contributed by atoms with Crippen molar-refractivity contribution < 1.29 is 4.79 Å². The number of carbonyl (C=O) groups excluding carboxylic acids is 1. The van der Waals surface area contributed by atoms with Crippen LogP contribution in [0.15, 0.2) is 21.4 Å². The molecule has 0 aliphatic rings. The largest absolute Gasteiger partial charge is 0.328 e. The molecule has 0 aliphatic carbocycles. The molecule has 1 N–H and O–H groups in total. The summed E-state index contributed by atoms with van der Waals surface area (Å²) in [5.41, 5.74) is 1.61. The van der Waals surface area contributed by atoms with Crippen molar-refractivity contribution in [1.82, 2.24) is 9.13 Å². The van der Waals surface area contributed by atoms with Gasteiger partial charge >= 0.3 is 5.69 Å². The average Bonchev–Trinajstić information content (AvgIpc) is 2.54. The molecule has 0 aliphatic heterocycles. The number of anilines is 1. The van der Waals surface area contributed by atoms with Crippen molar-refractivity contribution >= 4 is 73.4 Å². The molecule has 20 heavy (non-hydrogen) atoms. The van der Waals surface area contributed by atoms with E-state index in [9.17, 15) is 9.59 Å². The molecule has 108 valence electrons. The minimum Gasteiger partial charge on any atom is -0.321 e. The van der Waals surface area contributed by atoms with Crippen LogP contribution in [0.2, 0.25) is 0 Å². The number of nitrogens with zero attached hydrogens (tertiary/aromatic N) is 2. The van der Waals surface area contributed by atoms with E-state index in [0.29, 0.717) is 15.7 Å². The molecule has 1 amide bonds. The number of halogens is 4. The summed E-state index contributed by atoms with van der Waals surface area (Å²) < 4.78 is 1.48. The molecule has 0 bridgehead atoms. The zero-order chi connectivity index (χ0) is 15.2. The molecule has 9 heteroatoms. The zero-order valence-electron chi connectivity index (χ0n) is 10.4. The van der Waals surface area contributed by atoms with E-state index in [1.54, 1.807) is 26.2 Å². The topological polar surface area (TPSA) is 56.0 Å². The number of rotatable bonds is 1. The number of aromatic nitrogens is 2. The number of fused-ring (bicyclic) bond motifs is 1. The fourth-order valence-corrected chi connectivity index (χ4v) is 2.38. The Labute approximate surface area is 137 Å². The first-order valence-corrected chi connectivity index (χ1v) is 7.28. The van der Waals surface area contributed by atoms with Crippen molar-refractivity contribution in [3.05, 3.63) is 27.1 Å². The van der Waals surface area contributed by atoms with E-state index in [1.165, 1.54) is 9.13 Å². The monoisotopic (exact) mass is 399 g/mol. The third kappa shape index (κ3) is 2.70. The summed E-state index contributed by atoms with van der Waals surface area (Å²) in [7, 11) is 3.30. The number of nitrogens with one attached hydrogen (secondary N) is 1. The Morgan fingerprint density at radius 1 is 1.20 bits per heavy atom. The maximum absolute atomic E-state index is 11.9. The number of alkyl halides is 3. The van der Waals surface area contributed by atoms with Gasteiger partial charge in [-0.05, 0) is 28.1 Å². The van der Waals surface area contributed by atoms with Crippen LogP contribution >= 0.6 is 50.7 Å². The second kappa shape index (κ2) is 5.26. The first-order valence-electron chi connectivity index (χ1n) is 5.36. The van der Waals surface area contributed by atoms with Crippen molar-refractivity contribution in [2.24, 2.45) is 14.1 Å². The van der Waals surface area contributed by atoms with Gasteiger partial charge in [-0.3, -0.25) is 13.9 Å². The number of carbonyl (C=O) groups is 1. The maximum Gasteiger partial charge on any atom is 0.328 e. The number of benzene rings is 1. The average molecular weight is 401 g/mol. The van der Waals surface area contributed by atoms with Crippen molar-refractivity contribution in [3.8, 4) is 0 Å². The molecule has 0 saturated heterocycles. The van der Waals surface area contributed by atoms with E-state index in [4.69, 9.17) is 34.8 Å². The van der Waals surface area contributed by atoms with E-state index in [-0.39, 0.29) is 5.69 Å². The minimum absolute atomic E-state index is 0.170. The highest BCUT2D eigenvalue weighted by atomic mass is 79.9. The highest BCUT2D eigenvalue weighted by Crippen LogP contribution is 2.32. The van der Waals surface area contributed by atoms with Gasteiger partial charge in [0.1, 0.15) is 0 Å². The SMILES string of the molecule is Cn1c(=O)n(C)c2cc(NC(=O)C(Cl)(Cl)Cl)c(Br)cc21. The summed E-state index contributed by atoms with van der Waals surface area (Å²) in [5, 5.41) is 2.49. The van der Waals surface area contributed by atoms with Crippen LogP contribution < -0.4 is 11.0 Å². The Morgan fingerprint density at radius 2 is 1.70 bits per heavy atom. The van der Waals surface area contributed by atoms with Crippen molar-refractivity contribution in [1.29, 1.82) is 0 Å². The third-order valence-electron chi connectivity index (χ3n) is 2.87. The van der Waals surface area contributed by atoms with Crippen LogP contribution in [0.4, 0.5) is 5.69 Å². The van der Waals surface area contributed by atoms with Gasteiger partial charge in [0.2, 0.25) is 0 Å². The number of imidazole rings is 1. The lowest BCUT2D eigenvalue weighted by molar-refractivity contribution is -0.115. The lowest BCUT2D eigenvalue weighted by Crippen LogP contribution is -2.27. The van der Waals surface area contributed by atoms with Gasteiger partial charge in [-0.2, -0.15) is 0 Å². The fourth-order valence-electron chi connectivity index (χ4n) is 1.81. The van der Waals surface area contributed by atoms with E-state index >= 15 is 0 Å². The second-order valence-electron chi connectivity index (χ2n) is 4.17. The number of amides is 1. The number of hydrogen-bond acceptors (Lipinski definition) is 2. The Bertz CT molecular complexity index is 761. The molecule has 0 fully saturated rings. The van der Waals surface area contributed by atoms with Crippen LogP contribution in [0.3, 0.4) is 0 Å². The summed E-state index contributed by atoms with van der Waals surface area (Å²) in [5.74, 6) is -0.775.